The summed E-state index contributed by atoms with van der Waals surface area (Å²) in [6.45, 7) is 3.78. The summed E-state index contributed by atoms with van der Waals surface area (Å²) >= 11 is 0. The highest BCUT2D eigenvalue weighted by atomic mass is 16.2. The normalized spacial score (nSPS) is 18.8. The van der Waals surface area contributed by atoms with Crippen molar-refractivity contribution >= 4 is 28.9 Å². The van der Waals surface area contributed by atoms with Crippen molar-refractivity contribution in [1.82, 2.24) is 30.0 Å². The van der Waals surface area contributed by atoms with E-state index in [1.54, 1.807) is 4.90 Å². The second kappa shape index (κ2) is 7.36. The largest absolute Gasteiger partial charge is 0.341 e. The molecule has 0 saturated carbocycles. The third-order valence-corrected chi connectivity index (χ3v) is 5.01. The van der Waals surface area contributed by atoms with E-state index in [0.717, 1.165) is 29.9 Å². The Bertz CT molecular complexity index is 838. The number of hydrogen-bond donors (Lipinski definition) is 2. The number of fused-ring (bicyclic) bond motifs is 1. The number of carbonyl (C=O) groups excluding carboxylic acids is 3. The predicted octanol–water partition coefficient (Wildman–Crippen LogP) is 0.149. The van der Waals surface area contributed by atoms with Gasteiger partial charge in [0.05, 0.1) is 17.6 Å². The Hall–Kier alpha value is -2.94. The molecule has 1 aromatic heterocycles. The minimum absolute atomic E-state index is 0.0166. The number of urea groups is 1. The molecule has 4 amide bonds. The number of imidazole rings is 1. The van der Waals surface area contributed by atoms with E-state index in [4.69, 9.17) is 0 Å². The van der Waals surface area contributed by atoms with E-state index >= 15 is 0 Å². The molecule has 0 spiro atoms. The van der Waals surface area contributed by atoms with Crippen LogP contribution in [0.4, 0.5) is 4.79 Å². The van der Waals surface area contributed by atoms with Crippen LogP contribution in [0.15, 0.2) is 24.3 Å². The number of hydrogen-bond acceptors (Lipinski definition) is 5. The zero-order chi connectivity index (χ0) is 18.8. The van der Waals surface area contributed by atoms with Crippen molar-refractivity contribution in [2.24, 2.45) is 0 Å². The van der Waals surface area contributed by atoms with Gasteiger partial charge in [-0.2, -0.15) is 0 Å². The van der Waals surface area contributed by atoms with Gasteiger partial charge >= 0.3 is 6.03 Å². The van der Waals surface area contributed by atoms with Crippen molar-refractivity contribution in [2.45, 2.75) is 13.0 Å². The van der Waals surface area contributed by atoms with Gasteiger partial charge in [-0.3, -0.25) is 19.8 Å². The molecule has 2 fully saturated rings. The first-order valence-corrected chi connectivity index (χ1v) is 9.11. The fourth-order valence-electron chi connectivity index (χ4n) is 3.46. The SMILES string of the molecule is O=C1CCN(CC(=O)N2CCN(Cc3nc4ccccc4[nH]3)CC2)C(=O)N1. The van der Waals surface area contributed by atoms with Gasteiger partial charge in [0.25, 0.3) is 0 Å². The summed E-state index contributed by atoms with van der Waals surface area (Å²) in [5, 5.41) is 2.24. The lowest BCUT2D eigenvalue weighted by Crippen LogP contribution is -2.55. The number of para-hydroxylation sites is 2. The number of nitrogens with one attached hydrogen (secondary N) is 2. The highest BCUT2D eigenvalue weighted by Crippen LogP contribution is 2.13. The van der Waals surface area contributed by atoms with E-state index in [2.05, 4.69) is 20.2 Å². The molecule has 0 radical (unpaired) electrons. The van der Waals surface area contributed by atoms with Crippen molar-refractivity contribution in [1.29, 1.82) is 0 Å². The molecular weight excluding hydrogens is 348 g/mol. The summed E-state index contributed by atoms with van der Waals surface area (Å²) in [6.07, 6.45) is 0.240. The van der Waals surface area contributed by atoms with Crippen LogP contribution >= 0.6 is 0 Å². The van der Waals surface area contributed by atoms with E-state index in [1.165, 1.54) is 4.90 Å². The minimum atomic E-state index is -0.483. The highest BCUT2D eigenvalue weighted by molar-refractivity contribution is 5.98. The Kier molecular flexibility index (Phi) is 4.76. The van der Waals surface area contributed by atoms with Crippen LogP contribution in [-0.4, -0.2) is 81.8 Å². The van der Waals surface area contributed by atoms with Crippen LogP contribution < -0.4 is 5.32 Å². The number of rotatable bonds is 4. The topological polar surface area (TPSA) is 102 Å². The van der Waals surface area contributed by atoms with Crippen LogP contribution in [0.2, 0.25) is 0 Å². The third-order valence-electron chi connectivity index (χ3n) is 5.01. The van der Waals surface area contributed by atoms with Gasteiger partial charge in [0.2, 0.25) is 11.8 Å². The fraction of sp³-hybridized carbons (Fsp3) is 0.444. The van der Waals surface area contributed by atoms with Gasteiger partial charge in [-0.1, -0.05) is 12.1 Å². The number of carbonyl (C=O) groups is 3. The summed E-state index contributed by atoms with van der Waals surface area (Å²) in [5.41, 5.74) is 1.99. The molecule has 4 rings (SSSR count). The molecule has 142 valence electrons. The molecule has 3 heterocycles. The van der Waals surface area contributed by atoms with Gasteiger partial charge in [-0.25, -0.2) is 9.78 Å². The van der Waals surface area contributed by atoms with Gasteiger partial charge in [-0.15, -0.1) is 0 Å². The molecule has 2 N–H and O–H groups in total. The Balaban J connectivity index is 1.27. The van der Waals surface area contributed by atoms with E-state index < -0.39 is 6.03 Å². The third kappa shape index (κ3) is 3.92. The average molecular weight is 370 g/mol. The van der Waals surface area contributed by atoms with E-state index in [1.807, 2.05) is 24.3 Å². The molecule has 0 aliphatic carbocycles. The van der Waals surface area contributed by atoms with Crippen molar-refractivity contribution in [3.8, 4) is 0 Å². The standard InChI is InChI=1S/C18H22N6O3/c25-16-5-6-24(18(27)21-16)12-17(26)23-9-7-22(8-10-23)11-15-19-13-3-1-2-4-14(13)20-15/h1-4H,5-12H2,(H,19,20)(H,21,25,27). The quantitative estimate of drug-likeness (QED) is 0.798. The first kappa shape index (κ1) is 17.5. The molecule has 1 aromatic carbocycles. The average Bonchev–Trinajstić information content (AvgIpc) is 3.07. The molecule has 2 saturated heterocycles. The lowest BCUT2D eigenvalue weighted by atomic mass is 10.2. The maximum Gasteiger partial charge on any atom is 0.324 e. The van der Waals surface area contributed by atoms with Crippen LogP contribution in [0.5, 0.6) is 0 Å². The molecular formula is C18H22N6O3. The van der Waals surface area contributed by atoms with Crippen LogP contribution in [0.25, 0.3) is 11.0 Å². The molecule has 0 atom stereocenters. The molecule has 9 heteroatoms. The van der Waals surface area contributed by atoms with E-state index in [0.29, 0.717) is 26.2 Å². The van der Waals surface area contributed by atoms with Gasteiger partial charge in [0, 0.05) is 39.1 Å². The monoisotopic (exact) mass is 370 g/mol. The Morgan fingerprint density at radius 2 is 1.85 bits per heavy atom. The molecule has 0 unspecified atom stereocenters. The van der Waals surface area contributed by atoms with Crippen molar-refractivity contribution in [3.05, 3.63) is 30.1 Å². The number of H-pyrrole nitrogens is 1. The maximum absolute atomic E-state index is 12.5. The smallest absolute Gasteiger partial charge is 0.324 e. The van der Waals surface area contributed by atoms with Crippen LogP contribution in [0.3, 0.4) is 0 Å². The summed E-state index contributed by atoms with van der Waals surface area (Å²) in [7, 11) is 0. The first-order valence-electron chi connectivity index (χ1n) is 9.11. The fourth-order valence-corrected chi connectivity index (χ4v) is 3.46. The van der Waals surface area contributed by atoms with Gasteiger partial charge in [0.15, 0.2) is 0 Å². The lowest BCUT2D eigenvalue weighted by molar-refractivity contribution is -0.134. The first-order chi connectivity index (χ1) is 13.1. The zero-order valence-electron chi connectivity index (χ0n) is 15.0. The Morgan fingerprint density at radius 1 is 1.07 bits per heavy atom. The number of aromatic amines is 1. The van der Waals surface area contributed by atoms with Crippen molar-refractivity contribution < 1.29 is 14.4 Å². The number of imide groups is 1. The summed E-state index contributed by atoms with van der Waals surface area (Å²) in [6, 6.07) is 7.45. The molecule has 2 aliphatic heterocycles. The van der Waals surface area contributed by atoms with Gasteiger partial charge in [0.1, 0.15) is 12.4 Å². The molecule has 27 heavy (non-hydrogen) atoms. The summed E-state index contributed by atoms with van der Waals surface area (Å²) < 4.78 is 0. The van der Waals surface area contributed by atoms with Crippen LogP contribution in [-0.2, 0) is 16.1 Å². The zero-order valence-corrected chi connectivity index (χ0v) is 15.0. The number of benzene rings is 1. The Morgan fingerprint density at radius 3 is 2.59 bits per heavy atom. The van der Waals surface area contributed by atoms with E-state index in [9.17, 15) is 14.4 Å². The molecule has 2 aliphatic rings. The number of nitrogens with zero attached hydrogens (tertiary/aromatic N) is 4. The molecule has 2 aromatic rings. The molecule has 9 nitrogen and oxygen atoms in total. The second-order valence-corrected chi connectivity index (χ2v) is 6.88. The van der Waals surface area contributed by atoms with Crippen LogP contribution in [0, 0.1) is 0 Å². The van der Waals surface area contributed by atoms with E-state index in [-0.39, 0.29) is 24.8 Å². The lowest BCUT2D eigenvalue weighted by Gasteiger charge is -2.35. The summed E-state index contributed by atoms with van der Waals surface area (Å²) in [4.78, 5) is 48.7. The molecule has 0 bridgehead atoms. The van der Waals surface area contributed by atoms with Crippen molar-refractivity contribution in [3.63, 3.8) is 0 Å². The highest BCUT2D eigenvalue weighted by Gasteiger charge is 2.28. The van der Waals surface area contributed by atoms with Gasteiger partial charge in [-0.05, 0) is 12.1 Å². The van der Waals surface area contributed by atoms with Crippen molar-refractivity contribution in [2.75, 3.05) is 39.3 Å². The Labute approximate surface area is 156 Å². The van der Waals surface area contributed by atoms with Crippen LogP contribution in [0.1, 0.15) is 12.2 Å². The number of aromatic nitrogens is 2. The second-order valence-electron chi connectivity index (χ2n) is 6.88. The summed E-state index contributed by atoms with van der Waals surface area (Å²) in [5.74, 6) is 0.552. The maximum atomic E-state index is 12.5. The number of amides is 4. The number of piperazine rings is 1. The predicted molar refractivity (Wildman–Crippen MR) is 97.7 cm³/mol. The minimum Gasteiger partial charge on any atom is -0.341 e. The van der Waals surface area contributed by atoms with Gasteiger partial charge < -0.3 is 14.8 Å².